The van der Waals surface area contributed by atoms with Crippen LogP contribution in [0.1, 0.15) is 10.4 Å². The van der Waals surface area contributed by atoms with E-state index in [4.69, 9.17) is 0 Å². The molecule has 0 spiro atoms. The molecule has 0 saturated carbocycles. The Morgan fingerprint density at radius 1 is 1.38 bits per heavy atom. The highest BCUT2D eigenvalue weighted by atomic mass is 32.2. The van der Waals surface area contributed by atoms with Crippen LogP contribution in [0.5, 0.6) is 0 Å². The van der Waals surface area contributed by atoms with E-state index in [1.165, 1.54) is 12.1 Å². The van der Waals surface area contributed by atoms with E-state index in [1.807, 2.05) is 0 Å². The molecule has 0 aromatic heterocycles. The normalized spacial score (nSPS) is 10.8. The quantitative estimate of drug-likeness (QED) is 0.441. The zero-order valence-electron chi connectivity index (χ0n) is 8.11. The van der Waals surface area contributed by atoms with Crippen LogP contribution in [0.25, 0.3) is 0 Å². The zero-order valence-corrected chi connectivity index (χ0v) is 8.93. The molecule has 86 valence electrons. The number of carbonyl (C=O) groups is 1. The molecule has 16 heavy (non-hydrogen) atoms. The number of rotatable bonds is 3. The molecule has 0 bridgehead atoms. The van der Waals surface area contributed by atoms with E-state index >= 15 is 0 Å². The molecule has 1 rings (SSSR count). The second-order valence-electron chi connectivity index (χ2n) is 2.85. The highest BCUT2D eigenvalue weighted by Gasteiger charge is 2.23. The van der Waals surface area contributed by atoms with Crippen molar-refractivity contribution in [2.45, 2.75) is 0 Å². The minimum absolute atomic E-state index is 0.405. The first-order valence-corrected chi connectivity index (χ1v) is 5.80. The van der Waals surface area contributed by atoms with Gasteiger partial charge in [-0.1, -0.05) is 12.1 Å². The number of para-hydroxylation sites is 1. The van der Waals surface area contributed by atoms with Gasteiger partial charge in [-0.2, -0.15) is 8.42 Å². The fourth-order valence-electron chi connectivity index (χ4n) is 0.988. The van der Waals surface area contributed by atoms with Crippen molar-refractivity contribution in [1.29, 1.82) is 0 Å². The van der Waals surface area contributed by atoms with E-state index in [0.29, 0.717) is 6.26 Å². The van der Waals surface area contributed by atoms with E-state index < -0.39 is 32.3 Å². The summed E-state index contributed by atoms with van der Waals surface area (Å²) in [6, 6.07) is 4.92. The van der Waals surface area contributed by atoms with Gasteiger partial charge in [0, 0.05) is 6.07 Å². The first-order chi connectivity index (χ1) is 7.31. The smallest absolute Gasteiger partial charge is 0.341 e. The van der Waals surface area contributed by atoms with Crippen molar-refractivity contribution in [3.8, 4) is 0 Å². The summed E-state index contributed by atoms with van der Waals surface area (Å²) in [5.41, 5.74) is -0.908. The fraction of sp³-hybridized carbons (Fsp3) is 0.125. The lowest BCUT2D eigenvalue weighted by Crippen LogP contribution is -2.13. The Bertz CT molecular complexity index is 535. The van der Waals surface area contributed by atoms with Crippen molar-refractivity contribution in [3.05, 3.63) is 39.9 Å². The molecule has 0 unspecified atom stereocenters. The number of nitrogens with zero attached hydrogens (tertiary/aromatic N) is 1. The Hall–Kier alpha value is -1.96. The van der Waals surface area contributed by atoms with E-state index in [9.17, 15) is 23.3 Å². The number of nitro groups is 1. The summed E-state index contributed by atoms with van der Waals surface area (Å²) < 4.78 is 25.4. The van der Waals surface area contributed by atoms with Gasteiger partial charge in [0.25, 0.3) is 5.69 Å². The molecule has 0 atom stereocenters. The lowest BCUT2D eigenvalue weighted by Gasteiger charge is -2.01. The highest BCUT2D eigenvalue weighted by molar-refractivity contribution is 7.86. The van der Waals surface area contributed by atoms with Crippen LogP contribution >= 0.6 is 0 Å². The first kappa shape index (κ1) is 12.1. The Kier molecular flexibility index (Phi) is 3.23. The Morgan fingerprint density at radius 3 is 2.44 bits per heavy atom. The number of carbonyl (C=O) groups excluding carboxylic acids is 1. The molecule has 0 aliphatic carbocycles. The molecule has 0 aliphatic heterocycles. The molecule has 0 radical (unpaired) electrons. The van der Waals surface area contributed by atoms with Gasteiger partial charge < -0.3 is 4.18 Å². The van der Waals surface area contributed by atoms with Gasteiger partial charge in [-0.15, -0.1) is 0 Å². The summed E-state index contributed by atoms with van der Waals surface area (Å²) in [6.07, 6.45) is 0.680. The molecule has 0 fully saturated rings. The Labute approximate surface area is 90.9 Å². The molecule has 0 saturated heterocycles. The maximum atomic E-state index is 11.3. The van der Waals surface area contributed by atoms with Gasteiger partial charge >= 0.3 is 16.1 Å². The van der Waals surface area contributed by atoms with E-state index in [1.54, 1.807) is 0 Å². The SMILES string of the molecule is CS(=O)(=O)OC(=O)c1ccccc1[N+](=O)[O-]. The van der Waals surface area contributed by atoms with Crippen molar-refractivity contribution < 1.29 is 22.3 Å². The van der Waals surface area contributed by atoms with Crippen molar-refractivity contribution in [2.75, 3.05) is 6.26 Å². The molecule has 1 aromatic rings. The largest absolute Gasteiger partial charge is 0.360 e. The van der Waals surface area contributed by atoms with Gasteiger partial charge in [0.15, 0.2) is 0 Å². The van der Waals surface area contributed by atoms with Gasteiger partial charge in [-0.05, 0) is 6.07 Å². The van der Waals surface area contributed by atoms with Crippen LogP contribution in [0.2, 0.25) is 0 Å². The lowest BCUT2D eigenvalue weighted by molar-refractivity contribution is -0.385. The number of hydrogen-bond acceptors (Lipinski definition) is 6. The predicted octanol–water partition coefficient (Wildman–Crippen LogP) is 0.711. The van der Waals surface area contributed by atoms with Crippen molar-refractivity contribution >= 4 is 21.8 Å². The standard InChI is InChI=1S/C8H7NO6S/c1-16(13,14)15-8(10)6-4-2-3-5-7(6)9(11)12/h2-5H,1H3. The third-order valence-electron chi connectivity index (χ3n) is 1.55. The Balaban J connectivity index is 3.14. The van der Waals surface area contributed by atoms with E-state index in [2.05, 4.69) is 4.18 Å². The molecule has 0 heterocycles. The van der Waals surface area contributed by atoms with Crippen LogP contribution in [-0.4, -0.2) is 25.6 Å². The minimum Gasteiger partial charge on any atom is -0.341 e. The van der Waals surface area contributed by atoms with Crippen LogP contribution < -0.4 is 0 Å². The molecule has 1 aromatic carbocycles. The number of nitro benzene ring substituents is 1. The Morgan fingerprint density at radius 2 is 1.94 bits per heavy atom. The van der Waals surface area contributed by atoms with E-state index in [0.717, 1.165) is 12.1 Å². The summed E-state index contributed by atoms with van der Waals surface area (Å²) in [6.45, 7) is 0. The number of hydrogen-bond donors (Lipinski definition) is 0. The molecular formula is C8H7NO6S. The predicted molar refractivity (Wildman–Crippen MR) is 53.4 cm³/mol. The monoisotopic (exact) mass is 245 g/mol. The second-order valence-corrected chi connectivity index (χ2v) is 4.42. The molecule has 7 nitrogen and oxygen atoms in total. The molecule has 8 heteroatoms. The minimum atomic E-state index is -3.99. The first-order valence-electron chi connectivity index (χ1n) is 3.98. The van der Waals surface area contributed by atoms with Gasteiger partial charge in [0.2, 0.25) is 0 Å². The average molecular weight is 245 g/mol. The van der Waals surface area contributed by atoms with Crippen molar-refractivity contribution in [2.24, 2.45) is 0 Å². The lowest BCUT2D eigenvalue weighted by atomic mass is 10.2. The maximum Gasteiger partial charge on any atom is 0.360 e. The van der Waals surface area contributed by atoms with Gasteiger partial charge in [0.1, 0.15) is 5.56 Å². The average Bonchev–Trinajstić information content (AvgIpc) is 2.15. The van der Waals surface area contributed by atoms with E-state index in [-0.39, 0.29) is 0 Å². The zero-order chi connectivity index (χ0) is 12.3. The van der Waals surface area contributed by atoms with Gasteiger partial charge in [-0.25, -0.2) is 4.79 Å². The van der Waals surface area contributed by atoms with Crippen LogP contribution in [0, 0.1) is 10.1 Å². The third-order valence-corrected chi connectivity index (χ3v) is 2.00. The second kappa shape index (κ2) is 4.27. The van der Waals surface area contributed by atoms with Crippen molar-refractivity contribution in [1.82, 2.24) is 0 Å². The summed E-state index contributed by atoms with van der Waals surface area (Å²) in [5.74, 6) is -1.27. The topological polar surface area (TPSA) is 104 Å². The summed E-state index contributed by atoms with van der Waals surface area (Å²) in [5, 5.41) is 10.5. The van der Waals surface area contributed by atoms with Crippen LogP contribution in [0.3, 0.4) is 0 Å². The summed E-state index contributed by atoms with van der Waals surface area (Å²) >= 11 is 0. The molecular weight excluding hydrogens is 238 g/mol. The van der Waals surface area contributed by atoms with Crippen molar-refractivity contribution in [3.63, 3.8) is 0 Å². The van der Waals surface area contributed by atoms with Crippen LogP contribution in [-0.2, 0) is 14.3 Å². The number of benzene rings is 1. The highest BCUT2D eigenvalue weighted by Crippen LogP contribution is 2.18. The molecule has 0 aliphatic rings. The molecule has 0 N–H and O–H groups in total. The molecule has 0 amide bonds. The summed E-state index contributed by atoms with van der Waals surface area (Å²) in [4.78, 5) is 21.0. The fourth-order valence-corrected chi connectivity index (χ4v) is 1.35. The third kappa shape index (κ3) is 3.02. The summed E-state index contributed by atoms with van der Waals surface area (Å²) in [7, 11) is -3.99. The van der Waals surface area contributed by atoms with Crippen LogP contribution in [0.15, 0.2) is 24.3 Å². The maximum absolute atomic E-state index is 11.3. The van der Waals surface area contributed by atoms with Gasteiger partial charge in [0.05, 0.1) is 11.2 Å². The van der Waals surface area contributed by atoms with Crippen LogP contribution in [0.4, 0.5) is 5.69 Å². The van der Waals surface area contributed by atoms with Gasteiger partial charge in [-0.3, -0.25) is 10.1 Å².